The molecular formula is C15H28N2O3. The largest absolute Gasteiger partial charge is 0.481 e. The van der Waals surface area contributed by atoms with Gasteiger partial charge in [-0.05, 0) is 31.1 Å². The monoisotopic (exact) mass is 284 g/mol. The van der Waals surface area contributed by atoms with Crippen molar-refractivity contribution in [1.29, 1.82) is 0 Å². The third-order valence-electron chi connectivity index (χ3n) is 4.36. The summed E-state index contributed by atoms with van der Waals surface area (Å²) >= 11 is 0. The van der Waals surface area contributed by atoms with Crippen LogP contribution in [-0.4, -0.2) is 41.6 Å². The fraction of sp³-hybridized carbons (Fsp3) is 0.867. The number of nitrogens with one attached hydrogen (secondary N) is 1. The van der Waals surface area contributed by atoms with Crippen molar-refractivity contribution in [1.82, 2.24) is 10.2 Å². The van der Waals surface area contributed by atoms with E-state index in [1.807, 2.05) is 4.90 Å². The summed E-state index contributed by atoms with van der Waals surface area (Å²) in [5.74, 6) is 0.289. The Balaban J connectivity index is 2.23. The first kappa shape index (κ1) is 16.8. The minimum Gasteiger partial charge on any atom is -0.481 e. The van der Waals surface area contributed by atoms with Crippen molar-refractivity contribution < 1.29 is 14.7 Å². The van der Waals surface area contributed by atoms with Crippen molar-refractivity contribution in [2.75, 3.05) is 19.6 Å². The number of carboxylic acids is 1. The molecule has 5 nitrogen and oxygen atoms in total. The number of rotatable bonds is 7. The van der Waals surface area contributed by atoms with Crippen molar-refractivity contribution in [2.24, 2.45) is 11.8 Å². The highest BCUT2D eigenvalue weighted by atomic mass is 16.4. The molecule has 1 heterocycles. The molecule has 1 aliphatic rings. The van der Waals surface area contributed by atoms with Gasteiger partial charge in [0.25, 0.3) is 0 Å². The maximum atomic E-state index is 12.0. The average molecular weight is 284 g/mol. The second-order valence-corrected chi connectivity index (χ2v) is 5.73. The lowest BCUT2D eigenvalue weighted by molar-refractivity contribution is -0.137. The number of urea groups is 1. The molecule has 20 heavy (non-hydrogen) atoms. The number of carboxylic acid groups (broad SMARTS) is 1. The lowest BCUT2D eigenvalue weighted by atomic mass is 9.92. The molecule has 1 fully saturated rings. The summed E-state index contributed by atoms with van der Waals surface area (Å²) in [4.78, 5) is 24.4. The Bertz CT molecular complexity index is 308. The molecule has 1 saturated heterocycles. The van der Waals surface area contributed by atoms with Crippen molar-refractivity contribution in [3.05, 3.63) is 0 Å². The van der Waals surface area contributed by atoms with Gasteiger partial charge in [0.05, 0.1) is 0 Å². The molecule has 0 aliphatic carbocycles. The van der Waals surface area contributed by atoms with Crippen molar-refractivity contribution in [3.63, 3.8) is 0 Å². The Hall–Kier alpha value is -1.26. The predicted octanol–water partition coefficient (Wildman–Crippen LogP) is 2.71. The Morgan fingerprint density at radius 2 is 1.85 bits per heavy atom. The number of hydrogen-bond acceptors (Lipinski definition) is 2. The summed E-state index contributed by atoms with van der Waals surface area (Å²) in [6, 6.07) is 0.0357. The molecule has 5 heteroatoms. The van der Waals surface area contributed by atoms with Gasteiger partial charge in [0.1, 0.15) is 0 Å². The molecular weight excluding hydrogens is 256 g/mol. The van der Waals surface area contributed by atoms with Crippen LogP contribution in [0, 0.1) is 11.8 Å². The molecule has 0 aromatic rings. The van der Waals surface area contributed by atoms with Gasteiger partial charge in [0.2, 0.25) is 0 Å². The normalized spacial score (nSPS) is 16.4. The van der Waals surface area contributed by atoms with Gasteiger partial charge in [-0.1, -0.05) is 26.7 Å². The smallest absolute Gasteiger partial charge is 0.317 e. The molecule has 0 atom stereocenters. The van der Waals surface area contributed by atoms with Crippen LogP contribution >= 0.6 is 0 Å². The minimum absolute atomic E-state index is 0.0357. The summed E-state index contributed by atoms with van der Waals surface area (Å²) in [5.41, 5.74) is 0. The molecule has 0 aromatic heterocycles. The molecule has 0 radical (unpaired) electrons. The first-order valence-corrected chi connectivity index (χ1v) is 7.81. The highest BCUT2D eigenvalue weighted by Gasteiger charge is 2.23. The number of carbonyl (C=O) groups excluding carboxylic acids is 1. The van der Waals surface area contributed by atoms with Gasteiger partial charge in [-0.2, -0.15) is 0 Å². The number of likely N-dealkylation sites (tertiary alicyclic amines) is 1. The standard InChI is InChI=1S/C15H28N2O3/c1-3-12(4-2)11-16-15(20)17-9-7-13(8-10-17)5-6-14(18)19/h12-13H,3-11H2,1-2H3,(H,16,20)(H,18,19). The Kier molecular flexibility index (Phi) is 7.41. The van der Waals surface area contributed by atoms with E-state index >= 15 is 0 Å². The molecule has 2 amide bonds. The van der Waals surface area contributed by atoms with Crippen LogP contribution in [0.15, 0.2) is 0 Å². The number of piperidine rings is 1. The van der Waals surface area contributed by atoms with Gasteiger partial charge in [-0.15, -0.1) is 0 Å². The summed E-state index contributed by atoms with van der Waals surface area (Å²) < 4.78 is 0. The lowest BCUT2D eigenvalue weighted by Crippen LogP contribution is -2.45. The molecule has 0 spiro atoms. The summed E-state index contributed by atoms with van der Waals surface area (Å²) in [6.45, 7) is 6.55. The molecule has 0 saturated carbocycles. The van der Waals surface area contributed by atoms with Crippen molar-refractivity contribution in [3.8, 4) is 0 Å². The van der Waals surface area contributed by atoms with E-state index in [0.717, 1.165) is 51.7 Å². The van der Waals surface area contributed by atoms with E-state index < -0.39 is 5.97 Å². The topological polar surface area (TPSA) is 69.6 Å². The van der Waals surface area contributed by atoms with Crippen LogP contribution in [0.1, 0.15) is 52.4 Å². The molecule has 0 aromatic carbocycles. The Morgan fingerprint density at radius 3 is 2.35 bits per heavy atom. The lowest BCUT2D eigenvalue weighted by Gasteiger charge is -2.32. The second kappa shape index (κ2) is 8.82. The quantitative estimate of drug-likeness (QED) is 0.755. The van der Waals surface area contributed by atoms with E-state index in [9.17, 15) is 9.59 Å². The van der Waals surface area contributed by atoms with Gasteiger partial charge in [-0.3, -0.25) is 4.79 Å². The molecule has 116 valence electrons. The van der Waals surface area contributed by atoms with Gasteiger partial charge >= 0.3 is 12.0 Å². The van der Waals surface area contributed by atoms with Gasteiger partial charge < -0.3 is 15.3 Å². The number of amides is 2. The van der Waals surface area contributed by atoms with Crippen LogP contribution in [0.5, 0.6) is 0 Å². The number of nitrogens with zero attached hydrogens (tertiary/aromatic N) is 1. The van der Waals surface area contributed by atoms with Crippen molar-refractivity contribution >= 4 is 12.0 Å². The molecule has 1 rings (SSSR count). The van der Waals surface area contributed by atoms with Crippen LogP contribution in [0.25, 0.3) is 0 Å². The van der Waals surface area contributed by atoms with E-state index in [1.165, 1.54) is 0 Å². The zero-order valence-electron chi connectivity index (χ0n) is 12.7. The van der Waals surface area contributed by atoms with Crippen molar-refractivity contribution in [2.45, 2.75) is 52.4 Å². The van der Waals surface area contributed by atoms with Crippen LogP contribution in [0.4, 0.5) is 4.79 Å². The number of carbonyl (C=O) groups is 2. The van der Waals surface area contributed by atoms with Crippen LogP contribution in [0.3, 0.4) is 0 Å². The Morgan fingerprint density at radius 1 is 1.25 bits per heavy atom. The van der Waals surface area contributed by atoms with E-state index in [0.29, 0.717) is 11.8 Å². The minimum atomic E-state index is -0.727. The molecule has 0 unspecified atom stereocenters. The fourth-order valence-electron chi connectivity index (χ4n) is 2.67. The first-order valence-electron chi connectivity index (χ1n) is 7.81. The highest BCUT2D eigenvalue weighted by Crippen LogP contribution is 2.21. The van der Waals surface area contributed by atoms with Crippen LogP contribution in [-0.2, 0) is 4.79 Å². The molecule has 2 N–H and O–H groups in total. The zero-order valence-corrected chi connectivity index (χ0v) is 12.7. The maximum absolute atomic E-state index is 12.0. The summed E-state index contributed by atoms with van der Waals surface area (Å²) in [6.07, 6.45) is 5.00. The Labute approximate surface area is 121 Å². The van der Waals surface area contributed by atoms with Gasteiger partial charge in [-0.25, -0.2) is 4.79 Å². The SMILES string of the molecule is CCC(CC)CNC(=O)N1CCC(CCC(=O)O)CC1. The number of aliphatic carboxylic acids is 1. The zero-order chi connectivity index (χ0) is 15.0. The van der Waals surface area contributed by atoms with E-state index in [1.54, 1.807) is 0 Å². The van der Waals surface area contributed by atoms with E-state index in [-0.39, 0.29) is 12.5 Å². The highest BCUT2D eigenvalue weighted by molar-refractivity contribution is 5.74. The average Bonchev–Trinajstić information content (AvgIpc) is 2.46. The van der Waals surface area contributed by atoms with Crippen LogP contribution in [0.2, 0.25) is 0 Å². The molecule has 0 bridgehead atoms. The summed E-state index contributed by atoms with van der Waals surface area (Å²) in [7, 11) is 0. The fourth-order valence-corrected chi connectivity index (χ4v) is 2.67. The van der Waals surface area contributed by atoms with Gasteiger partial charge in [0.15, 0.2) is 0 Å². The van der Waals surface area contributed by atoms with Gasteiger partial charge in [0, 0.05) is 26.1 Å². The number of hydrogen-bond donors (Lipinski definition) is 2. The van der Waals surface area contributed by atoms with E-state index in [2.05, 4.69) is 19.2 Å². The first-order chi connectivity index (χ1) is 9.56. The van der Waals surface area contributed by atoms with E-state index in [4.69, 9.17) is 5.11 Å². The maximum Gasteiger partial charge on any atom is 0.317 e. The van der Waals surface area contributed by atoms with Crippen LogP contribution < -0.4 is 5.32 Å². The third-order valence-corrected chi connectivity index (χ3v) is 4.36. The predicted molar refractivity (Wildman–Crippen MR) is 78.6 cm³/mol. The summed E-state index contributed by atoms with van der Waals surface area (Å²) in [5, 5.41) is 11.7. The third kappa shape index (κ3) is 5.80. The second-order valence-electron chi connectivity index (χ2n) is 5.73. The molecule has 1 aliphatic heterocycles.